The van der Waals surface area contributed by atoms with Gasteiger partial charge in [-0.15, -0.1) is 0 Å². The molecule has 0 bridgehead atoms. The molecular weight excluding hydrogens is 371 g/mol. The van der Waals surface area contributed by atoms with Gasteiger partial charge in [0, 0.05) is 10.8 Å². The summed E-state index contributed by atoms with van der Waals surface area (Å²) in [7, 11) is 0. The van der Waals surface area contributed by atoms with E-state index in [4.69, 9.17) is 0 Å². The van der Waals surface area contributed by atoms with Crippen LogP contribution < -0.4 is 0 Å². The molecule has 0 radical (unpaired) electrons. The molecule has 0 nitrogen and oxygen atoms in total. The lowest BCUT2D eigenvalue weighted by molar-refractivity contribution is -0.137. The molecule has 0 aromatic heterocycles. The zero-order valence-corrected chi connectivity index (χ0v) is 14.9. The van der Waals surface area contributed by atoms with E-state index in [-0.39, 0.29) is 5.39 Å². The summed E-state index contributed by atoms with van der Waals surface area (Å²) in [5.74, 6) is -0.990. The summed E-state index contributed by atoms with van der Waals surface area (Å²) in [5.41, 5.74) is 0.913. The molecule has 0 aliphatic rings. The number of hydrogen-bond acceptors (Lipinski definition) is 0. The Morgan fingerprint density at radius 3 is 1.93 bits per heavy atom. The largest absolute Gasteiger partial charge is 0.416 e. The van der Waals surface area contributed by atoms with E-state index < -0.39 is 23.4 Å². The topological polar surface area (TPSA) is 0 Å². The Labute approximate surface area is 158 Å². The summed E-state index contributed by atoms with van der Waals surface area (Å²) >= 11 is 0. The molecule has 0 aliphatic carbocycles. The van der Waals surface area contributed by atoms with Gasteiger partial charge in [0.25, 0.3) is 0 Å². The third-order valence-electron chi connectivity index (χ3n) is 5.02. The fourth-order valence-electron chi connectivity index (χ4n) is 3.50. The van der Waals surface area contributed by atoms with Crippen LogP contribution in [0.25, 0.3) is 32.7 Å². The highest BCUT2D eigenvalue weighted by Gasteiger charge is 2.30. The molecule has 28 heavy (non-hydrogen) atoms. The van der Waals surface area contributed by atoms with Gasteiger partial charge < -0.3 is 0 Å². The zero-order valence-electron chi connectivity index (χ0n) is 14.9. The van der Waals surface area contributed by atoms with Gasteiger partial charge >= 0.3 is 6.18 Å². The minimum Gasteiger partial charge on any atom is -0.206 e. The molecular formula is C23H15F5. The average Bonchev–Trinajstić information content (AvgIpc) is 2.68. The van der Waals surface area contributed by atoms with Gasteiger partial charge in [-0.25, -0.2) is 8.78 Å². The van der Waals surface area contributed by atoms with Gasteiger partial charge in [-0.2, -0.15) is 13.2 Å². The molecule has 0 spiro atoms. The minimum absolute atomic E-state index is 0.228. The van der Waals surface area contributed by atoms with Crippen molar-refractivity contribution in [1.29, 1.82) is 0 Å². The second-order valence-electron chi connectivity index (χ2n) is 6.68. The van der Waals surface area contributed by atoms with Crippen LogP contribution in [0.5, 0.6) is 0 Å². The molecule has 142 valence electrons. The van der Waals surface area contributed by atoms with E-state index in [0.29, 0.717) is 39.3 Å². The zero-order chi connectivity index (χ0) is 20.1. The maximum Gasteiger partial charge on any atom is 0.416 e. The summed E-state index contributed by atoms with van der Waals surface area (Å²) < 4.78 is 67.5. The first-order valence-electron chi connectivity index (χ1n) is 8.80. The number of fused-ring (bicyclic) bond motifs is 3. The van der Waals surface area contributed by atoms with Crippen LogP contribution in [0.15, 0.2) is 60.7 Å². The van der Waals surface area contributed by atoms with E-state index in [9.17, 15) is 22.0 Å². The van der Waals surface area contributed by atoms with Crippen LogP contribution >= 0.6 is 0 Å². The van der Waals surface area contributed by atoms with Gasteiger partial charge in [0.05, 0.1) is 5.56 Å². The Hall–Kier alpha value is -2.95. The first-order valence-corrected chi connectivity index (χ1v) is 8.80. The number of alkyl halides is 3. The fourth-order valence-corrected chi connectivity index (χ4v) is 3.50. The Kier molecular flexibility index (Phi) is 4.33. The van der Waals surface area contributed by atoms with Crippen molar-refractivity contribution in [3.05, 3.63) is 83.4 Å². The second-order valence-corrected chi connectivity index (χ2v) is 6.68. The summed E-state index contributed by atoms with van der Waals surface area (Å²) in [6.45, 7) is 1.83. The van der Waals surface area contributed by atoms with Crippen LogP contribution in [0, 0.1) is 11.6 Å². The molecule has 0 fully saturated rings. The number of rotatable bonds is 2. The summed E-state index contributed by atoms with van der Waals surface area (Å²) in [5, 5.41) is 1.69. The Bertz CT molecular complexity index is 1190. The van der Waals surface area contributed by atoms with Crippen molar-refractivity contribution in [2.24, 2.45) is 0 Å². The van der Waals surface area contributed by atoms with Gasteiger partial charge in [0.2, 0.25) is 0 Å². The smallest absolute Gasteiger partial charge is 0.206 e. The van der Waals surface area contributed by atoms with Crippen LogP contribution in [-0.2, 0) is 12.6 Å². The lowest BCUT2D eigenvalue weighted by Crippen LogP contribution is -2.03. The van der Waals surface area contributed by atoms with Gasteiger partial charge in [-0.1, -0.05) is 43.3 Å². The molecule has 0 aliphatic heterocycles. The normalized spacial score (nSPS) is 12.1. The molecule has 0 N–H and O–H groups in total. The third kappa shape index (κ3) is 3.01. The monoisotopic (exact) mass is 386 g/mol. The van der Waals surface area contributed by atoms with Crippen molar-refractivity contribution < 1.29 is 22.0 Å². The quantitative estimate of drug-likeness (QED) is 0.247. The first kappa shape index (κ1) is 18.4. The highest BCUT2D eigenvalue weighted by atomic mass is 19.4. The van der Waals surface area contributed by atoms with Crippen LogP contribution in [0.4, 0.5) is 22.0 Å². The number of benzene rings is 4. The predicted molar refractivity (Wildman–Crippen MR) is 101 cm³/mol. The summed E-state index contributed by atoms with van der Waals surface area (Å²) in [6, 6.07) is 14.3. The van der Waals surface area contributed by atoms with E-state index in [1.165, 1.54) is 18.2 Å². The SMILES string of the molecule is CCc1ccc2c(cc(F)c3cc(-c4ccc(C(F)(F)F)cc4)ccc32)c1F. The maximum absolute atomic E-state index is 14.7. The Morgan fingerprint density at radius 1 is 0.679 bits per heavy atom. The van der Waals surface area contributed by atoms with Gasteiger partial charge in [0.15, 0.2) is 0 Å². The number of halogens is 5. The van der Waals surface area contributed by atoms with Gasteiger partial charge in [-0.3, -0.25) is 0 Å². The molecule has 0 heterocycles. The van der Waals surface area contributed by atoms with E-state index in [1.54, 1.807) is 30.3 Å². The Morgan fingerprint density at radius 2 is 1.29 bits per heavy atom. The molecule has 5 heteroatoms. The van der Waals surface area contributed by atoms with Crippen LogP contribution in [0.2, 0.25) is 0 Å². The van der Waals surface area contributed by atoms with Crippen molar-refractivity contribution in [1.82, 2.24) is 0 Å². The third-order valence-corrected chi connectivity index (χ3v) is 5.02. The summed E-state index contributed by atoms with van der Waals surface area (Å²) in [6.07, 6.45) is -3.90. The fraction of sp³-hybridized carbons (Fsp3) is 0.130. The van der Waals surface area contributed by atoms with Crippen molar-refractivity contribution in [3.8, 4) is 11.1 Å². The van der Waals surface area contributed by atoms with Crippen LogP contribution in [-0.4, -0.2) is 0 Å². The lowest BCUT2D eigenvalue weighted by atomic mass is 9.95. The van der Waals surface area contributed by atoms with Crippen LogP contribution in [0.1, 0.15) is 18.1 Å². The molecule has 4 aromatic rings. The molecule has 0 saturated heterocycles. The standard InChI is InChI=1S/C23H15F5/c1-2-13-5-9-18-17-10-6-15(11-19(17)21(24)12-20(18)22(13)25)14-3-7-16(8-4-14)23(26,27)28/h3-12H,2H2,1H3. The molecule has 0 saturated carbocycles. The van der Waals surface area contributed by atoms with Gasteiger partial charge in [0.1, 0.15) is 11.6 Å². The first-order chi connectivity index (χ1) is 13.3. The summed E-state index contributed by atoms with van der Waals surface area (Å²) in [4.78, 5) is 0. The number of hydrogen-bond donors (Lipinski definition) is 0. The Balaban J connectivity index is 1.88. The minimum atomic E-state index is -4.41. The van der Waals surface area contributed by atoms with E-state index in [0.717, 1.165) is 12.1 Å². The number of aryl methyl sites for hydroxylation is 1. The van der Waals surface area contributed by atoms with Gasteiger partial charge in [-0.05, 0) is 58.1 Å². The molecule has 0 atom stereocenters. The molecule has 0 amide bonds. The maximum atomic E-state index is 14.7. The van der Waals surface area contributed by atoms with Crippen molar-refractivity contribution in [2.75, 3.05) is 0 Å². The molecule has 0 unspecified atom stereocenters. The van der Waals surface area contributed by atoms with Crippen molar-refractivity contribution in [3.63, 3.8) is 0 Å². The average molecular weight is 386 g/mol. The second kappa shape index (κ2) is 6.59. The van der Waals surface area contributed by atoms with E-state index in [1.807, 2.05) is 6.92 Å². The van der Waals surface area contributed by atoms with Crippen molar-refractivity contribution in [2.45, 2.75) is 19.5 Å². The highest BCUT2D eigenvalue weighted by Crippen LogP contribution is 2.35. The lowest BCUT2D eigenvalue weighted by Gasteiger charge is -2.11. The van der Waals surface area contributed by atoms with Crippen molar-refractivity contribution >= 4 is 21.5 Å². The van der Waals surface area contributed by atoms with E-state index in [2.05, 4.69) is 0 Å². The highest BCUT2D eigenvalue weighted by molar-refractivity contribution is 6.09. The van der Waals surface area contributed by atoms with E-state index >= 15 is 0 Å². The van der Waals surface area contributed by atoms with Crippen LogP contribution in [0.3, 0.4) is 0 Å². The molecule has 4 aromatic carbocycles. The predicted octanol–water partition coefficient (Wildman–Crippen LogP) is 7.52. The molecule has 4 rings (SSSR count).